The molecule has 1 saturated heterocycles. The van der Waals surface area contributed by atoms with Gasteiger partial charge in [-0.3, -0.25) is 4.79 Å². The Kier molecular flexibility index (Phi) is 3.25. The van der Waals surface area contributed by atoms with E-state index in [-0.39, 0.29) is 5.56 Å². The third-order valence-corrected chi connectivity index (χ3v) is 4.38. The number of pyridine rings is 1. The predicted octanol–water partition coefficient (Wildman–Crippen LogP) is 2.07. The molecule has 0 amide bonds. The highest BCUT2D eigenvalue weighted by molar-refractivity contribution is 5.16. The van der Waals surface area contributed by atoms with Crippen molar-refractivity contribution in [2.75, 3.05) is 19.6 Å². The van der Waals surface area contributed by atoms with Crippen LogP contribution in [-0.4, -0.2) is 29.1 Å². The topological polar surface area (TPSA) is 25.2 Å². The number of fused-ring (bicyclic) bond motifs is 4. The lowest BCUT2D eigenvalue weighted by Gasteiger charge is -2.42. The van der Waals surface area contributed by atoms with Gasteiger partial charge in [-0.15, -0.1) is 0 Å². The van der Waals surface area contributed by atoms with E-state index in [0.29, 0.717) is 11.8 Å². The smallest absolute Gasteiger partial charge is 0.250 e. The van der Waals surface area contributed by atoms with Crippen molar-refractivity contribution in [3.63, 3.8) is 0 Å². The molecule has 2 aliphatic rings. The van der Waals surface area contributed by atoms with E-state index in [4.69, 9.17) is 0 Å². The molecule has 0 spiro atoms. The highest BCUT2D eigenvalue weighted by Crippen LogP contribution is 2.34. The van der Waals surface area contributed by atoms with Crippen LogP contribution in [0.15, 0.2) is 23.0 Å². The molecule has 0 radical (unpaired) electrons. The maximum absolute atomic E-state index is 11.9. The maximum atomic E-state index is 11.9. The number of likely N-dealkylation sites (tertiary alicyclic amines) is 1. The Bertz CT molecular complexity index is 480. The van der Waals surface area contributed by atoms with Crippen molar-refractivity contribution < 1.29 is 0 Å². The molecular formula is C15H22N2O. The van der Waals surface area contributed by atoms with Gasteiger partial charge in [0.25, 0.3) is 5.56 Å². The number of aromatic nitrogens is 1. The van der Waals surface area contributed by atoms with Crippen LogP contribution >= 0.6 is 0 Å². The van der Waals surface area contributed by atoms with Gasteiger partial charge >= 0.3 is 0 Å². The molecule has 3 rings (SSSR count). The molecule has 3 heteroatoms. The zero-order chi connectivity index (χ0) is 12.5. The fourth-order valence-corrected chi connectivity index (χ4v) is 3.56. The van der Waals surface area contributed by atoms with Crippen molar-refractivity contribution in [3.05, 3.63) is 34.2 Å². The molecule has 0 aliphatic carbocycles. The fourth-order valence-electron chi connectivity index (χ4n) is 3.56. The summed E-state index contributed by atoms with van der Waals surface area (Å²) in [6.07, 6.45) is 3.83. The number of hydrogen-bond donors (Lipinski definition) is 0. The van der Waals surface area contributed by atoms with Crippen LogP contribution in [-0.2, 0) is 6.54 Å². The van der Waals surface area contributed by atoms with Gasteiger partial charge in [-0.1, -0.05) is 19.4 Å². The first-order valence-corrected chi connectivity index (χ1v) is 7.20. The second-order valence-electron chi connectivity index (χ2n) is 5.81. The van der Waals surface area contributed by atoms with Gasteiger partial charge in [0.2, 0.25) is 0 Å². The molecule has 2 bridgehead atoms. The summed E-state index contributed by atoms with van der Waals surface area (Å²) < 4.78 is 2.01. The number of piperidine rings is 1. The summed E-state index contributed by atoms with van der Waals surface area (Å²) >= 11 is 0. The number of unbranched alkanes of at least 4 members (excludes halogenated alkanes) is 1. The van der Waals surface area contributed by atoms with E-state index in [2.05, 4.69) is 17.9 Å². The molecule has 0 aromatic carbocycles. The Hall–Kier alpha value is -1.09. The Morgan fingerprint density at radius 1 is 1.28 bits per heavy atom. The van der Waals surface area contributed by atoms with E-state index >= 15 is 0 Å². The van der Waals surface area contributed by atoms with E-state index < -0.39 is 0 Å². The Morgan fingerprint density at radius 2 is 2.17 bits per heavy atom. The van der Waals surface area contributed by atoms with E-state index in [9.17, 15) is 4.79 Å². The first-order chi connectivity index (χ1) is 8.78. The van der Waals surface area contributed by atoms with Gasteiger partial charge in [-0.25, -0.2) is 0 Å². The molecule has 3 heterocycles. The maximum Gasteiger partial charge on any atom is 0.250 e. The normalized spacial score (nSPS) is 26.9. The van der Waals surface area contributed by atoms with Crippen molar-refractivity contribution in [3.8, 4) is 0 Å². The van der Waals surface area contributed by atoms with Crippen molar-refractivity contribution in [1.29, 1.82) is 0 Å². The van der Waals surface area contributed by atoms with Crippen molar-refractivity contribution in [1.82, 2.24) is 9.47 Å². The number of nitrogens with zero attached hydrogens (tertiary/aromatic N) is 2. The largest absolute Gasteiger partial charge is 0.312 e. The molecule has 1 aromatic heterocycles. The average molecular weight is 246 g/mol. The number of rotatable bonds is 3. The second-order valence-corrected chi connectivity index (χ2v) is 5.81. The minimum Gasteiger partial charge on any atom is -0.312 e. The monoisotopic (exact) mass is 246 g/mol. The van der Waals surface area contributed by atoms with Gasteiger partial charge in [-0.2, -0.15) is 0 Å². The van der Waals surface area contributed by atoms with Crippen LogP contribution in [0.5, 0.6) is 0 Å². The molecule has 3 nitrogen and oxygen atoms in total. The first-order valence-electron chi connectivity index (χ1n) is 7.20. The van der Waals surface area contributed by atoms with Crippen molar-refractivity contribution >= 4 is 0 Å². The van der Waals surface area contributed by atoms with Gasteiger partial charge < -0.3 is 9.47 Å². The summed E-state index contributed by atoms with van der Waals surface area (Å²) in [7, 11) is 0. The summed E-state index contributed by atoms with van der Waals surface area (Å²) in [5, 5.41) is 0. The minimum absolute atomic E-state index is 0.184. The van der Waals surface area contributed by atoms with Crippen LogP contribution in [0, 0.1) is 5.92 Å². The second kappa shape index (κ2) is 4.88. The molecule has 2 atom stereocenters. The standard InChI is InChI=1S/C15H22N2O/c1-2-3-7-16-9-12-8-13(11-16)14-5-4-6-15(18)17(14)10-12/h4-6,12-13H,2-3,7-11H2,1H3. The summed E-state index contributed by atoms with van der Waals surface area (Å²) in [5.74, 6) is 1.25. The third kappa shape index (κ3) is 2.12. The molecule has 0 saturated carbocycles. The molecular weight excluding hydrogens is 224 g/mol. The van der Waals surface area contributed by atoms with Crippen LogP contribution in [0.1, 0.15) is 37.8 Å². The summed E-state index contributed by atoms with van der Waals surface area (Å²) in [6.45, 7) is 6.71. The molecule has 1 aromatic rings. The van der Waals surface area contributed by atoms with Crippen LogP contribution in [0.3, 0.4) is 0 Å². The zero-order valence-corrected chi connectivity index (χ0v) is 11.1. The van der Waals surface area contributed by atoms with Crippen LogP contribution in [0.4, 0.5) is 0 Å². The van der Waals surface area contributed by atoms with E-state index in [1.165, 1.54) is 38.0 Å². The Labute approximate surface area is 108 Å². The highest BCUT2D eigenvalue weighted by Gasteiger charge is 2.33. The van der Waals surface area contributed by atoms with E-state index in [1.54, 1.807) is 6.07 Å². The van der Waals surface area contributed by atoms with Crippen LogP contribution < -0.4 is 5.56 Å². The summed E-state index contributed by atoms with van der Waals surface area (Å²) in [5.41, 5.74) is 1.45. The van der Waals surface area contributed by atoms with Gasteiger partial charge in [0, 0.05) is 37.3 Å². The molecule has 0 N–H and O–H groups in total. The fraction of sp³-hybridized carbons (Fsp3) is 0.667. The zero-order valence-electron chi connectivity index (χ0n) is 11.1. The summed E-state index contributed by atoms with van der Waals surface area (Å²) in [6, 6.07) is 5.75. The lowest BCUT2D eigenvalue weighted by Crippen LogP contribution is -2.47. The molecule has 2 aliphatic heterocycles. The first kappa shape index (κ1) is 12.0. The van der Waals surface area contributed by atoms with E-state index in [0.717, 1.165) is 13.1 Å². The third-order valence-electron chi connectivity index (χ3n) is 4.38. The van der Waals surface area contributed by atoms with Crippen molar-refractivity contribution in [2.24, 2.45) is 5.92 Å². The minimum atomic E-state index is 0.184. The lowest BCUT2D eigenvalue weighted by molar-refractivity contribution is 0.119. The van der Waals surface area contributed by atoms with Crippen molar-refractivity contribution in [2.45, 2.75) is 38.6 Å². The molecule has 1 fully saturated rings. The van der Waals surface area contributed by atoms with E-state index in [1.807, 2.05) is 10.6 Å². The molecule has 18 heavy (non-hydrogen) atoms. The SMILES string of the molecule is CCCCN1CC2CC(C1)c1cccc(=O)n1C2. The highest BCUT2D eigenvalue weighted by atomic mass is 16.1. The quantitative estimate of drug-likeness (QED) is 0.815. The van der Waals surface area contributed by atoms with Gasteiger partial charge in [0.1, 0.15) is 0 Å². The van der Waals surface area contributed by atoms with Gasteiger partial charge in [-0.05, 0) is 31.4 Å². The summed E-state index contributed by atoms with van der Waals surface area (Å²) in [4.78, 5) is 14.5. The molecule has 98 valence electrons. The predicted molar refractivity (Wildman–Crippen MR) is 72.9 cm³/mol. The van der Waals surface area contributed by atoms with Crippen LogP contribution in [0.25, 0.3) is 0 Å². The van der Waals surface area contributed by atoms with Crippen LogP contribution in [0.2, 0.25) is 0 Å². The lowest BCUT2D eigenvalue weighted by atomic mass is 9.83. The Morgan fingerprint density at radius 3 is 3.00 bits per heavy atom. The Balaban J connectivity index is 1.83. The average Bonchev–Trinajstić information content (AvgIpc) is 2.38. The molecule has 2 unspecified atom stereocenters. The van der Waals surface area contributed by atoms with Gasteiger partial charge in [0.15, 0.2) is 0 Å². The number of hydrogen-bond acceptors (Lipinski definition) is 2. The van der Waals surface area contributed by atoms with Gasteiger partial charge in [0.05, 0.1) is 0 Å².